The van der Waals surface area contributed by atoms with Crippen LogP contribution in [0, 0.1) is 12.3 Å². The highest BCUT2D eigenvalue weighted by atomic mass is 32.2. The molecule has 0 aliphatic rings. The Balaban J connectivity index is 3.01. The van der Waals surface area contributed by atoms with Crippen molar-refractivity contribution in [2.45, 2.75) is 24.7 Å². The number of sulfonamides is 1. The van der Waals surface area contributed by atoms with Crippen molar-refractivity contribution in [3.63, 3.8) is 0 Å². The molecule has 1 N–H and O–H groups in total. The Hall–Kier alpha value is -1.35. The number of hydrogen-bond donors (Lipinski definition) is 1. The third-order valence-corrected chi connectivity index (χ3v) is 4.56. The SMILES string of the molecule is C#CCN(CCC)S(=O)(=O)c1ccc(CCO)cc1. The van der Waals surface area contributed by atoms with Gasteiger partial charge in [-0.3, -0.25) is 0 Å². The summed E-state index contributed by atoms with van der Waals surface area (Å²) in [6.07, 6.45) is 6.44. The van der Waals surface area contributed by atoms with Crippen molar-refractivity contribution in [3.8, 4) is 12.3 Å². The Morgan fingerprint density at radius 1 is 1.32 bits per heavy atom. The van der Waals surface area contributed by atoms with E-state index in [0.717, 1.165) is 5.56 Å². The van der Waals surface area contributed by atoms with Crippen LogP contribution in [0.15, 0.2) is 29.2 Å². The lowest BCUT2D eigenvalue weighted by atomic mass is 10.2. The molecule has 1 rings (SSSR count). The lowest BCUT2D eigenvalue weighted by Crippen LogP contribution is -2.32. The highest BCUT2D eigenvalue weighted by molar-refractivity contribution is 7.89. The average Bonchev–Trinajstić information content (AvgIpc) is 2.39. The molecule has 0 aliphatic heterocycles. The van der Waals surface area contributed by atoms with Gasteiger partial charge in [-0.1, -0.05) is 25.0 Å². The maximum Gasteiger partial charge on any atom is 0.243 e. The van der Waals surface area contributed by atoms with E-state index in [4.69, 9.17) is 11.5 Å². The predicted molar refractivity (Wildman–Crippen MR) is 75.1 cm³/mol. The maximum atomic E-state index is 12.4. The van der Waals surface area contributed by atoms with Crippen LogP contribution in [0.1, 0.15) is 18.9 Å². The predicted octanol–water partition coefficient (Wildman–Crippen LogP) is 1.26. The van der Waals surface area contributed by atoms with Crippen molar-refractivity contribution in [2.75, 3.05) is 19.7 Å². The van der Waals surface area contributed by atoms with Crippen molar-refractivity contribution in [1.29, 1.82) is 0 Å². The van der Waals surface area contributed by atoms with E-state index in [1.807, 2.05) is 6.92 Å². The topological polar surface area (TPSA) is 57.6 Å². The first-order valence-corrected chi connectivity index (χ1v) is 7.63. The summed E-state index contributed by atoms with van der Waals surface area (Å²) in [7, 11) is -3.53. The second-order valence-corrected chi connectivity index (χ2v) is 6.10. The summed E-state index contributed by atoms with van der Waals surface area (Å²) >= 11 is 0. The largest absolute Gasteiger partial charge is 0.396 e. The molecule has 104 valence electrons. The number of aliphatic hydroxyl groups excluding tert-OH is 1. The molecule has 1 aromatic carbocycles. The van der Waals surface area contributed by atoms with Crippen LogP contribution in [0.2, 0.25) is 0 Å². The first-order valence-electron chi connectivity index (χ1n) is 6.19. The average molecular weight is 281 g/mol. The summed E-state index contributed by atoms with van der Waals surface area (Å²) in [5.41, 5.74) is 0.903. The van der Waals surface area contributed by atoms with Gasteiger partial charge in [0.05, 0.1) is 11.4 Å². The minimum Gasteiger partial charge on any atom is -0.396 e. The second kappa shape index (κ2) is 7.29. The lowest BCUT2D eigenvalue weighted by Gasteiger charge is -2.19. The Labute approximate surface area is 115 Å². The van der Waals surface area contributed by atoms with Crippen molar-refractivity contribution < 1.29 is 13.5 Å². The fourth-order valence-electron chi connectivity index (χ4n) is 1.74. The molecule has 0 aromatic heterocycles. The molecule has 0 aliphatic carbocycles. The number of terminal acetylenes is 1. The van der Waals surface area contributed by atoms with Gasteiger partial charge in [0.1, 0.15) is 0 Å². The zero-order valence-corrected chi connectivity index (χ0v) is 11.9. The normalized spacial score (nSPS) is 11.5. The monoisotopic (exact) mass is 281 g/mol. The highest BCUT2D eigenvalue weighted by Crippen LogP contribution is 2.16. The van der Waals surface area contributed by atoms with Crippen molar-refractivity contribution >= 4 is 10.0 Å². The summed E-state index contributed by atoms with van der Waals surface area (Å²) in [6.45, 7) is 2.44. The van der Waals surface area contributed by atoms with Gasteiger partial charge in [0.15, 0.2) is 0 Å². The van der Waals surface area contributed by atoms with Crippen LogP contribution in [0.5, 0.6) is 0 Å². The zero-order valence-electron chi connectivity index (χ0n) is 11.0. The molecule has 4 nitrogen and oxygen atoms in total. The van der Waals surface area contributed by atoms with Gasteiger partial charge < -0.3 is 5.11 Å². The van der Waals surface area contributed by atoms with Crippen LogP contribution in [0.25, 0.3) is 0 Å². The Morgan fingerprint density at radius 2 is 1.95 bits per heavy atom. The van der Waals surface area contributed by atoms with Gasteiger partial charge in [0.2, 0.25) is 10.0 Å². The minimum atomic E-state index is -3.53. The summed E-state index contributed by atoms with van der Waals surface area (Å²) in [4.78, 5) is 0.234. The quantitative estimate of drug-likeness (QED) is 0.765. The van der Waals surface area contributed by atoms with Crippen LogP contribution in [0.4, 0.5) is 0 Å². The van der Waals surface area contributed by atoms with Gasteiger partial charge >= 0.3 is 0 Å². The molecule has 19 heavy (non-hydrogen) atoms. The molecule has 0 bridgehead atoms. The van der Waals surface area contributed by atoms with Crippen LogP contribution >= 0.6 is 0 Å². The van der Waals surface area contributed by atoms with E-state index in [1.165, 1.54) is 4.31 Å². The van der Waals surface area contributed by atoms with Gasteiger partial charge in [-0.05, 0) is 30.5 Å². The van der Waals surface area contributed by atoms with Crippen molar-refractivity contribution in [2.24, 2.45) is 0 Å². The van der Waals surface area contributed by atoms with Crippen molar-refractivity contribution in [3.05, 3.63) is 29.8 Å². The molecule has 1 aromatic rings. The van der Waals surface area contributed by atoms with Crippen LogP contribution in [-0.4, -0.2) is 37.5 Å². The fraction of sp³-hybridized carbons (Fsp3) is 0.429. The molecule has 0 heterocycles. The van der Waals surface area contributed by atoms with E-state index in [0.29, 0.717) is 19.4 Å². The summed E-state index contributed by atoms with van der Waals surface area (Å²) in [5.74, 6) is 2.37. The first-order chi connectivity index (χ1) is 9.06. The Morgan fingerprint density at radius 3 is 2.42 bits per heavy atom. The van der Waals surface area contributed by atoms with E-state index >= 15 is 0 Å². The number of nitrogens with zero attached hydrogens (tertiary/aromatic N) is 1. The molecular weight excluding hydrogens is 262 g/mol. The third-order valence-electron chi connectivity index (χ3n) is 2.70. The van der Waals surface area contributed by atoms with Crippen LogP contribution in [-0.2, 0) is 16.4 Å². The van der Waals surface area contributed by atoms with Crippen LogP contribution < -0.4 is 0 Å². The molecule has 0 saturated heterocycles. The maximum absolute atomic E-state index is 12.4. The Kier molecular flexibility index (Phi) is 6.03. The number of rotatable bonds is 7. The van der Waals surface area contributed by atoms with Gasteiger partial charge in [-0.2, -0.15) is 4.31 Å². The fourth-order valence-corrected chi connectivity index (χ4v) is 3.19. The lowest BCUT2D eigenvalue weighted by molar-refractivity contribution is 0.299. The van der Waals surface area contributed by atoms with Crippen molar-refractivity contribution in [1.82, 2.24) is 4.31 Å². The molecule has 5 heteroatoms. The smallest absolute Gasteiger partial charge is 0.243 e. The number of benzene rings is 1. The van der Waals surface area contributed by atoms with E-state index in [2.05, 4.69) is 5.92 Å². The van der Waals surface area contributed by atoms with E-state index in [-0.39, 0.29) is 18.0 Å². The molecule has 0 spiro atoms. The second-order valence-electron chi connectivity index (χ2n) is 4.16. The van der Waals surface area contributed by atoms with E-state index in [9.17, 15) is 8.42 Å². The van der Waals surface area contributed by atoms with E-state index in [1.54, 1.807) is 24.3 Å². The zero-order chi connectivity index (χ0) is 14.3. The van der Waals surface area contributed by atoms with Gasteiger partial charge in [0, 0.05) is 13.2 Å². The van der Waals surface area contributed by atoms with Gasteiger partial charge in [-0.15, -0.1) is 6.42 Å². The summed E-state index contributed by atoms with van der Waals surface area (Å²) < 4.78 is 26.0. The summed E-state index contributed by atoms with van der Waals surface area (Å²) in [5, 5.41) is 8.83. The summed E-state index contributed by atoms with van der Waals surface area (Å²) in [6, 6.07) is 6.53. The molecular formula is C14H19NO3S. The molecule has 0 fully saturated rings. The number of aliphatic hydroxyl groups is 1. The standard InChI is InChI=1S/C14H19NO3S/c1-3-10-15(11-4-2)19(17,18)14-7-5-13(6-8-14)9-12-16/h1,5-8,16H,4,9-12H2,2H3. The molecule has 0 radical (unpaired) electrons. The van der Waals surface area contributed by atoms with Crippen LogP contribution in [0.3, 0.4) is 0 Å². The minimum absolute atomic E-state index is 0.0468. The van der Waals surface area contributed by atoms with Gasteiger partial charge in [-0.25, -0.2) is 8.42 Å². The van der Waals surface area contributed by atoms with Gasteiger partial charge in [0.25, 0.3) is 0 Å². The molecule has 0 unspecified atom stereocenters. The molecule has 0 amide bonds. The van der Waals surface area contributed by atoms with E-state index < -0.39 is 10.0 Å². The first kappa shape index (κ1) is 15.7. The number of hydrogen-bond acceptors (Lipinski definition) is 3. The highest BCUT2D eigenvalue weighted by Gasteiger charge is 2.22. The Bertz CT molecular complexity index is 529. The third kappa shape index (κ3) is 4.06. The molecule has 0 saturated carbocycles. The molecule has 0 atom stereocenters.